The molecule has 1 aliphatic rings. The number of carbonyl (C=O) groups excluding carboxylic acids is 1. The van der Waals surface area contributed by atoms with Gasteiger partial charge >= 0.3 is 5.69 Å². The Kier molecular flexibility index (Phi) is 4.79. The summed E-state index contributed by atoms with van der Waals surface area (Å²) >= 11 is 0. The Morgan fingerprint density at radius 2 is 2.05 bits per heavy atom. The fraction of sp³-hybridized carbons (Fsp3) is 0.462. The van der Waals surface area contributed by atoms with Crippen molar-refractivity contribution in [2.24, 2.45) is 0 Å². The Bertz CT molecular complexity index is 558. The van der Waals surface area contributed by atoms with Crippen LogP contribution in [-0.4, -0.2) is 23.4 Å². The monoisotopic (exact) mass is 299 g/mol. The minimum absolute atomic E-state index is 0.390. The summed E-state index contributed by atoms with van der Waals surface area (Å²) in [4.78, 5) is 21.7. The molecule has 1 atom stereocenters. The molecule has 21 heavy (non-hydrogen) atoms. The van der Waals surface area contributed by atoms with E-state index in [-0.39, 0.29) is 5.69 Å². The number of hydrogen-bond donors (Lipinski definition) is 2. The minimum atomic E-state index is -1.27. The van der Waals surface area contributed by atoms with Crippen molar-refractivity contribution in [3.05, 3.63) is 33.9 Å². The van der Waals surface area contributed by atoms with Crippen LogP contribution in [0.3, 0.4) is 0 Å². The number of benzene rings is 1. The van der Waals surface area contributed by atoms with Crippen LogP contribution in [0.4, 0.5) is 20.2 Å². The summed E-state index contributed by atoms with van der Waals surface area (Å²) < 4.78 is 26.8. The van der Waals surface area contributed by atoms with Crippen molar-refractivity contribution in [2.75, 3.05) is 11.9 Å². The second-order valence-electron chi connectivity index (χ2n) is 4.89. The SMILES string of the molecule is O=C(Nc1cc([N+](=O)[O-])c(F)cc1F)C1CCCCCN1. The Morgan fingerprint density at radius 1 is 1.29 bits per heavy atom. The third kappa shape index (κ3) is 3.72. The fourth-order valence-corrected chi connectivity index (χ4v) is 2.25. The zero-order valence-corrected chi connectivity index (χ0v) is 11.2. The van der Waals surface area contributed by atoms with E-state index >= 15 is 0 Å². The van der Waals surface area contributed by atoms with Crippen LogP contribution in [0, 0.1) is 21.7 Å². The van der Waals surface area contributed by atoms with Crippen molar-refractivity contribution in [3.8, 4) is 0 Å². The molecule has 1 aliphatic heterocycles. The number of nitrogens with one attached hydrogen (secondary N) is 2. The normalized spacial score (nSPS) is 18.9. The van der Waals surface area contributed by atoms with Gasteiger partial charge in [0.1, 0.15) is 5.82 Å². The highest BCUT2D eigenvalue weighted by atomic mass is 19.1. The third-order valence-electron chi connectivity index (χ3n) is 3.37. The Hall–Kier alpha value is -2.09. The minimum Gasteiger partial charge on any atom is -0.322 e. The van der Waals surface area contributed by atoms with Crippen molar-refractivity contribution in [3.63, 3.8) is 0 Å². The Morgan fingerprint density at radius 3 is 2.76 bits per heavy atom. The number of anilines is 1. The molecule has 0 spiro atoms. The van der Waals surface area contributed by atoms with Crippen LogP contribution in [0.25, 0.3) is 0 Å². The van der Waals surface area contributed by atoms with Gasteiger partial charge in [0.2, 0.25) is 11.7 Å². The molecule has 1 saturated heterocycles. The lowest BCUT2D eigenvalue weighted by molar-refractivity contribution is -0.387. The van der Waals surface area contributed by atoms with E-state index in [1.54, 1.807) is 0 Å². The molecule has 0 aliphatic carbocycles. The molecule has 0 bridgehead atoms. The molecule has 6 nitrogen and oxygen atoms in total. The van der Waals surface area contributed by atoms with Crippen LogP contribution in [0.2, 0.25) is 0 Å². The number of rotatable bonds is 3. The zero-order chi connectivity index (χ0) is 15.4. The average molecular weight is 299 g/mol. The quantitative estimate of drug-likeness (QED) is 0.663. The van der Waals surface area contributed by atoms with Crippen LogP contribution in [0.15, 0.2) is 12.1 Å². The van der Waals surface area contributed by atoms with Gasteiger partial charge in [0, 0.05) is 12.1 Å². The summed E-state index contributed by atoms with van der Waals surface area (Å²) in [5.74, 6) is -2.79. The second kappa shape index (κ2) is 6.57. The lowest BCUT2D eigenvalue weighted by Crippen LogP contribution is -2.40. The number of nitrogens with zero attached hydrogens (tertiary/aromatic N) is 1. The van der Waals surface area contributed by atoms with Gasteiger partial charge in [-0.1, -0.05) is 12.8 Å². The van der Waals surface area contributed by atoms with Gasteiger partial charge in [-0.05, 0) is 19.4 Å². The molecule has 2 N–H and O–H groups in total. The summed E-state index contributed by atoms with van der Waals surface area (Å²) in [5, 5.41) is 15.9. The molecule has 114 valence electrons. The van der Waals surface area contributed by atoms with Crippen molar-refractivity contribution < 1.29 is 18.5 Å². The van der Waals surface area contributed by atoms with Gasteiger partial charge in [0.25, 0.3) is 0 Å². The number of hydrogen-bond acceptors (Lipinski definition) is 4. The van der Waals surface area contributed by atoms with E-state index < -0.39 is 34.2 Å². The molecule has 1 unspecified atom stereocenters. The lowest BCUT2D eigenvalue weighted by Gasteiger charge is -2.15. The van der Waals surface area contributed by atoms with Crippen LogP contribution in [0.1, 0.15) is 25.7 Å². The summed E-state index contributed by atoms with van der Waals surface area (Å²) in [6, 6.07) is 0.615. The molecule has 0 aromatic heterocycles. The first kappa shape index (κ1) is 15.3. The highest BCUT2D eigenvalue weighted by molar-refractivity contribution is 5.95. The van der Waals surface area contributed by atoms with Crippen molar-refractivity contribution in [1.29, 1.82) is 0 Å². The number of nitro groups is 1. The molecule has 1 aromatic carbocycles. The zero-order valence-electron chi connectivity index (χ0n) is 11.2. The first-order valence-electron chi connectivity index (χ1n) is 6.66. The van der Waals surface area contributed by atoms with E-state index in [2.05, 4.69) is 10.6 Å². The highest BCUT2D eigenvalue weighted by Crippen LogP contribution is 2.25. The number of halogens is 2. The van der Waals surface area contributed by atoms with Gasteiger partial charge in [-0.15, -0.1) is 0 Å². The Labute approximate surface area is 119 Å². The molecule has 2 rings (SSSR count). The fourth-order valence-electron chi connectivity index (χ4n) is 2.25. The van der Waals surface area contributed by atoms with Crippen molar-refractivity contribution >= 4 is 17.3 Å². The molecular weight excluding hydrogens is 284 g/mol. The van der Waals surface area contributed by atoms with Gasteiger partial charge in [0.05, 0.1) is 16.7 Å². The van der Waals surface area contributed by atoms with Gasteiger partial charge in [-0.3, -0.25) is 14.9 Å². The molecular formula is C13H15F2N3O3. The highest BCUT2D eigenvalue weighted by Gasteiger charge is 2.23. The average Bonchev–Trinajstić information content (AvgIpc) is 2.70. The van der Waals surface area contributed by atoms with Crippen molar-refractivity contribution in [1.82, 2.24) is 5.32 Å². The summed E-state index contributed by atoms with van der Waals surface area (Å²) in [5.41, 5.74) is -1.26. The number of nitro benzene ring substituents is 1. The number of carbonyl (C=O) groups is 1. The standard InChI is InChI=1S/C13H15F2N3O3/c14-8-6-9(15)12(18(20)21)7-11(8)17-13(19)10-4-2-1-3-5-16-10/h6-7,10,16H,1-5H2,(H,17,19). The summed E-state index contributed by atoms with van der Waals surface area (Å²) in [6.45, 7) is 0.685. The van der Waals surface area contributed by atoms with Crippen LogP contribution < -0.4 is 10.6 Å². The smallest absolute Gasteiger partial charge is 0.307 e. The topological polar surface area (TPSA) is 84.3 Å². The van der Waals surface area contributed by atoms with Gasteiger partial charge in [-0.25, -0.2) is 4.39 Å². The lowest BCUT2D eigenvalue weighted by atomic mass is 10.1. The predicted molar refractivity (Wildman–Crippen MR) is 71.9 cm³/mol. The van der Waals surface area contributed by atoms with E-state index in [4.69, 9.17) is 0 Å². The molecule has 8 heteroatoms. The maximum atomic E-state index is 13.6. The largest absolute Gasteiger partial charge is 0.322 e. The van der Waals surface area contributed by atoms with E-state index in [0.29, 0.717) is 25.1 Å². The van der Waals surface area contributed by atoms with Gasteiger partial charge in [0.15, 0.2) is 0 Å². The van der Waals surface area contributed by atoms with Gasteiger partial charge < -0.3 is 10.6 Å². The first-order valence-corrected chi connectivity index (χ1v) is 6.66. The third-order valence-corrected chi connectivity index (χ3v) is 3.37. The Balaban J connectivity index is 2.16. The molecule has 1 heterocycles. The molecule has 1 aromatic rings. The van der Waals surface area contributed by atoms with Gasteiger partial charge in [-0.2, -0.15) is 4.39 Å². The van der Waals surface area contributed by atoms with Crippen LogP contribution >= 0.6 is 0 Å². The summed E-state index contributed by atoms with van der Waals surface area (Å²) in [7, 11) is 0. The molecule has 1 fully saturated rings. The van der Waals surface area contributed by atoms with Crippen molar-refractivity contribution in [2.45, 2.75) is 31.7 Å². The van der Waals surface area contributed by atoms with E-state index in [1.807, 2.05) is 0 Å². The molecule has 1 amide bonds. The molecule has 0 radical (unpaired) electrons. The summed E-state index contributed by atoms with van der Waals surface area (Å²) in [6.07, 6.45) is 3.45. The number of amides is 1. The van der Waals surface area contributed by atoms with Crippen LogP contribution in [0.5, 0.6) is 0 Å². The van der Waals surface area contributed by atoms with Crippen LogP contribution in [-0.2, 0) is 4.79 Å². The maximum Gasteiger partial charge on any atom is 0.307 e. The maximum absolute atomic E-state index is 13.6. The van der Waals surface area contributed by atoms with E-state index in [0.717, 1.165) is 19.3 Å². The second-order valence-corrected chi connectivity index (χ2v) is 4.89. The van der Waals surface area contributed by atoms with E-state index in [9.17, 15) is 23.7 Å². The predicted octanol–water partition coefficient (Wildman–Crippen LogP) is 2.34. The van der Waals surface area contributed by atoms with E-state index in [1.165, 1.54) is 0 Å². The first-order chi connectivity index (χ1) is 9.99. The molecule has 0 saturated carbocycles.